The highest BCUT2D eigenvalue weighted by atomic mass is 79.9. The lowest BCUT2D eigenvalue weighted by Gasteiger charge is -2.27. The summed E-state index contributed by atoms with van der Waals surface area (Å²) in [4.78, 5) is 10.8. The molecule has 1 fully saturated rings. The van der Waals surface area contributed by atoms with Crippen molar-refractivity contribution in [2.45, 2.75) is 17.0 Å². The molecule has 0 spiro atoms. The zero-order valence-corrected chi connectivity index (χ0v) is 14.9. The van der Waals surface area contributed by atoms with Crippen LogP contribution in [0.2, 0.25) is 0 Å². The van der Waals surface area contributed by atoms with E-state index in [0.29, 0.717) is 8.78 Å². The lowest BCUT2D eigenvalue weighted by atomic mass is 10.2. The number of nitrogens with zero attached hydrogens (tertiary/aromatic N) is 1. The van der Waals surface area contributed by atoms with Gasteiger partial charge in [0.05, 0.1) is 28.5 Å². The second kappa shape index (κ2) is 6.48. The first-order valence-corrected chi connectivity index (χ1v) is 10.5. The summed E-state index contributed by atoms with van der Waals surface area (Å²) in [5.41, 5.74) is 0. The molecule has 2 atom stereocenters. The second-order valence-corrected chi connectivity index (χ2v) is 10.1. The molecule has 1 aliphatic heterocycles. The van der Waals surface area contributed by atoms with Gasteiger partial charge in [-0.05, 0) is 24.3 Å². The molecule has 0 unspecified atom stereocenters. The molecule has 2 rings (SSSR count). The summed E-state index contributed by atoms with van der Waals surface area (Å²) >= 11 is 3.16. The molecular weight excluding hydrogens is 414 g/mol. The predicted octanol–water partition coefficient (Wildman–Crippen LogP) is -0.318. The smallest absolute Gasteiger partial charge is 0.318 e. The fraction of sp³-hybridized carbons (Fsp3) is 0.417. The maximum absolute atomic E-state index is 12.7. The van der Waals surface area contributed by atoms with Gasteiger partial charge in [-0.1, -0.05) is 15.9 Å². The summed E-state index contributed by atoms with van der Waals surface area (Å²) in [6.07, 6.45) is -1.47. The average molecular weight is 428 g/mol. The van der Waals surface area contributed by atoms with Crippen molar-refractivity contribution in [3.05, 3.63) is 28.7 Å². The number of halogens is 1. The molecule has 0 radical (unpaired) electrons. The number of aliphatic hydroxyl groups excluding tert-OH is 1. The van der Waals surface area contributed by atoms with Crippen molar-refractivity contribution < 1.29 is 31.8 Å². The number of carboxylic acid groups (broad SMARTS) is 1. The molecule has 0 aliphatic carbocycles. The van der Waals surface area contributed by atoms with Gasteiger partial charge in [-0.15, -0.1) is 0 Å². The van der Waals surface area contributed by atoms with Crippen LogP contribution in [-0.2, 0) is 24.7 Å². The molecule has 1 aromatic rings. The molecule has 1 aliphatic rings. The molecular formula is C12H14BrNO7S2. The van der Waals surface area contributed by atoms with E-state index in [1.54, 1.807) is 0 Å². The average Bonchev–Trinajstić information content (AvgIpc) is 2.69. The Balaban J connectivity index is 2.46. The summed E-state index contributed by atoms with van der Waals surface area (Å²) < 4.78 is 49.7. The van der Waals surface area contributed by atoms with E-state index in [-0.39, 0.29) is 4.90 Å². The first-order chi connectivity index (χ1) is 10.5. The third-order valence-electron chi connectivity index (χ3n) is 3.37. The minimum atomic E-state index is -4.27. The minimum Gasteiger partial charge on any atom is -0.480 e. The molecule has 0 aromatic heterocycles. The highest BCUT2D eigenvalue weighted by Gasteiger charge is 2.45. The van der Waals surface area contributed by atoms with Gasteiger partial charge in [0.2, 0.25) is 10.0 Å². The van der Waals surface area contributed by atoms with Crippen LogP contribution in [0, 0.1) is 0 Å². The van der Waals surface area contributed by atoms with E-state index >= 15 is 0 Å². The molecule has 128 valence electrons. The quantitative estimate of drug-likeness (QED) is 0.658. The number of benzene rings is 1. The van der Waals surface area contributed by atoms with E-state index in [4.69, 9.17) is 5.11 Å². The highest BCUT2D eigenvalue weighted by molar-refractivity contribution is 9.10. The lowest BCUT2D eigenvalue weighted by molar-refractivity contribution is -0.137. The molecule has 11 heteroatoms. The van der Waals surface area contributed by atoms with Crippen molar-refractivity contribution in [2.24, 2.45) is 0 Å². The van der Waals surface area contributed by atoms with Crippen LogP contribution >= 0.6 is 15.9 Å². The number of carbonyl (C=O) groups is 1. The number of sulfone groups is 1. The van der Waals surface area contributed by atoms with Crippen LogP contribution in [0.1, 0.15) is 0 Å². The Morgan fingerprint density at radius 3 is 2.26 bits per heavy atom. The van der Waals surface area contributed by atoms with E-state index in [2.05, 4.69) is 15.9 Å². The number of aliphatic carboxylic acids is 1. The Labute approximate surface area is 141 Å². The zero-order chi connectivity index (χ0) is 17.4. The molecule has 1 saturated heterocycles. The Morgan fingerprint density at radius 2 is 1.83 bits per heavy atom. The molecule has 8 nitrogen and oxygen atoms in total. The normalized spacial score (nSPS) is 24.0. The topological polar surface area (TPSA) is 129 Å². The van der Waals surface area contributed by atoms with Gasteiger partial charge < -0.3 is 10.2 Å². The maximum Gasteiger partial charge on any atom is 0.318 e. The SMILES string of the molecule is O=C(O)CN([C@@H]1CS(=O)(=O)C[C@H]1O)S(=O)(=O)c1ccc(Br)cc1. The summed E-state index contributed by atoms with van der Waals surface area (Å²) in [6.45, 7) is -0.935. The highest BCUT2D eigenvalue weighted by Crippen LogP contribution is 2.26. The predicted molar refractivity (Wildman–Crippen MR) is 84.1 cm³/mol. The number of aliphatic hydroxyl groups is 1. The Bertz CT molecular complexity index is 804. The van der Waals surface area contributed by atoms with E-state index < -0.39 is 56.0 Å². The minimum absolute atomic E-state index is 0.182. The Hall–Kier alpha value is -1.01. The number of hydrogen-bond donors (Lipinski definition) is 2. The van der Waals surface area contributed by atoms with Crippen molar-refractivity contribution >= 4 is 41.8 Å². The van der Waals surface area contributed by atoms with Crippen LogP contribution in [0.15, 0.2) is 33.6 Å². The van der Waals surface area contributed by atoms with Crippen molar-refractivity contribution in [1.29, 1.82) is 0 Å². The number of carboxylic acids is 1. The maximum atomic E-state index is 12.7. The molecule has 0 saturated carbocycles. The third-order valence-corrected chi connectivity index (χ3v) is 7.49. The van der Waals surface area contributed by atoms with Crippen LogP contribution in [0.25, 0.3) is 0 Å². The van der Waals surface area contributed by atoms with Crippen LogP contribution in [-0.4, -0.2) is 67.5 Å². The Morgan fingerprint density at radius 1 is 1.26 bits per heavy atom. The van der Waals surface area contributed by atoms with Crippen LogP contribution in [0.5, 0.6) is 0 Å². The van der Waals surface area contributed by atoms with Gasteiger partial charge >= 0.3 is 5.97 Å². The third kappa shape index (κ3) is 4.10. The van der Waals surface area contributed by atoms with E-state index in [1.807, 2.05) is 0 Å². The monoisotopic (exact) mass is 427 g/mol. The summed E-state index contributed by atoms with van der Waals surface area (Å²) in [6, 6.07) is 4.14. The molecule has 1 aromatic carbocycles. The van der Waals surface area contributed by atoms with Gasteiger partial charge in [-0.3, -0.25) is 4.79 Å². The van der Waals surface area contributed by atoms with E-state index in [1.165, 1.54) is 24.3 Å². The number of sulfonamides is 1. The van der Waals surface area contributed by atoms with Gasteiger partial charge in [0.25, 0.3) is 0 Å². The van der Waals surface area contributed by atoms with Crippen LogP contribution in [0.3, 0.4) is 0 Å². The van der Waals surface area contributed by atoms with Crippen molar-refractivity contribution in [2.75, 3.05) is 18.1 Å². The van der Waals surface area contributed by atoms with E-state index in [9.17, 15) is 26.7 Å². The fourth-order valence-corrected chi connectivity index (χ4v) is 6.10. The van der Waals surface area contributed by atoms with Crippen LogP contribution < -0.4 is 0 Å². The molecule has 1 heterocycles. The first-order valence-electron chi connectivity index (χ1n) is 6.40. The number of rotatable bonds is 5. The summed E-state index contributed by atoms with van der Waals surface area (Å²) in [5, 5.41) is 18.8. The summed E-state index contributed by atoms with van der Waals surface area (Å²) in [5.74, 6) is -2.65. The second-order valence-electron chi connectivity index (χ2n) is 5.11. The zero-order valence-electron chi connectivity index (χ0n) is 11.7. The molecule has 23 heavy (non-hydrogen) atoms. The summed E-state index contributed by atoms with van der Waals surface area (Å²) in [7, 11) is -7.90. The van der Waals surface area contributed by atoms with Crippen molar-refractivity contribution in [3.8, 4) is 0 Å². The molecule has 0 amide bonds. The van der Waals surface area contributed by atoms with Crippen molar-refractivity contribution in [1.82, 2.24) is 4.31 Å². The van der Waals surface area contributed by atoms with Gasteiger partial charge in [0.15, 0.2) is 9.84 Å². The molecule has 0 bridgehead atoms. The van der Waals surface area contributed by atoms with E-state index in [0.717, 1.165) is 0 Å². The standard InChI is InChI=1S/C12H14BrNO7S2/c13-8-1-3-9(4-2-8)23(20,21)14(5-12(16)17)10-6-22(18,19)7-11(10)15/h1-4,10-11,15H,5-7H2,(H,16,17)/t10-,11-/m1/s1. The van der Waals surface area contributed by atoms with Gasteiger partial charge in [-0.2, -0.15) is 4.31 Å². The lowest BCUT2D eigenvalue weighted by Crippen LogP contribution is -2.48. The largest absolute Gasteiger partial charge is 0.480 e. The first kappa shape index (κ1) is 18.3. The van der Waals surface area contributed by atoms with Crippen LogP contribution in [0.4, 0.5) is 0 Å². The van der Waals surface area contributed by atoms with Gasteiger partial charge in [0.1, 0.15) is 6.54 Å². The van der Waals surface area contributed by atoms with Gasteiger partial charge in [0, 0.05) is 4.47 Å². The van der Waals surface area contributed by atoms with Crippen molar-refractivity contribution in [3.63, 3.8) is 0 Å². The number of hydrogen-bond acceptors (Lipinski definition) is 6. The fourth-order valence-electron chi connectivity index (χ4n) is 2.34. The molecule has 2 N–H and O–H groups in total. The Kier molecular flexibility index (Phi) is 5.16. The van der Waals surface area contributed by atoms with Gasteiger partial charge in [-0.25, -0.2) is 16.8 Å².